The molecule has 351 valence electrons. The summed E-state index contributed by atoms with van der Waals surface area (Å²) < 4.78 is 0. The van der Waals surface area contributed by atoms with E-state index in [0.29, 0.717) is 0 Å². The monoisotopic (exact) mass is 989 g/mol. The van der Waals surface area contributed by atoms with Crippen molar-refractivity contribution in [3.05, 3.63) is 176 Å². The largest absolute Gasteiger partial charge is 2.00 e. The zero-order chi connectivity index (χ0) is 44.8. The van der Waals surface area contributed by atoms with Gasteiger partial charge in [0.1, 0.15) is 0 Å². The fourth-order valence-electron chi connectivity index (χ4n) is 8.58. The molecule has 0 fully saturated rings. The van der Waals surface area contributed by atoms with Gasteiger partial charge < -0.3 is 24.8 Å². The summed E-state index contributed by atoms with van der Waals surface area (Å²) in [4.78, 5) is 0. The van der Waals surface area contributed by atoms with Gasteiger partial charge in [-0.05, 0) is 191 Å². The normalized spacial score (nSPS) is 10.8. The number of rotatable bonds is 18. The van der Waals surface area contributed by atoms with E-state index in [4.69, 9.17) is 0 Å². The number of halogens is 2. The van der Waals surface area contributed by atoms with Crippen molar-refractivity contribution in [3.8, 4) is 0 Å². The van der Waals surface area contributed by atoms with Crippen molar-refractivity contribution in [2.75, 3.05) is 0 Å². The molecule has 0 aliphatic heterocycles. The maximum atomic E-state index is 2.49. The number of benzene rings is 6. The number of hydrogen-bond acceptors (Lipinski definition) is 0. The summed E-state index contributed by atoms with van der Waals surface area (Å²) in [5.74, 6) is 0. The quantitative estimate of drug-likeness (QED) is 0.0778. The van der Waals surface area contributed by atoms with Gasteiger partial charge in [0, 0.05) is 0 Å². The first-order valence-corrected chi connectivity index (χ1v) is 27.1. The van der Waals surface area contributed by atoms with Crippen molar-refractivity contribution in [1.29, 1.82) is 0 Å². The van der Waals surface area contributed by atoms with Crippen molar-refractivity contribution >= 4 is 47.7 Å². The molecule has 0 amide bonds. The molecule has 0 atom stereocenters. The van der Waals surface area contributed by atoms with E-state index in [-0.39, 0.29) is 41.6 Å². The summed E-state index contributed by atoms with van der Waals surface area (Å²) in [6, 6.07) is 44.2. The first-order valence-electron chi connectivity index (χ1n) is 24.5. The summed E-state index contributed by atoms with van der Waals surface area (Å²) in [5, 5.41) is 9.07. The van der Waals surface area contributed by atoms with Crippen LogP contribution in [-0.4, -0.2) is 0 Å². The summed E-state index contributed by atoms with van der Waals surface area (Å²) in [7, 11) is -1.16. The first kappa shape index (κ1) is 58.4. The van der Waals surface area contributed by atoms with Crippen LogP contribution in [-0.2, 0) is 93.8 Å². The SMILES string of the molecule is CCc1cc(CC)cc(P(c2cc(CC)cc(CC)c2)c2cc(CC)cc(CC)c2)c1.CCc1cc(CC)cc(P(c2cc(CC)cc(CC)c2)c2cc(CC)cc(CC)c2)c1.[Cl-].[Cl-].[Co+2]. The van der Waals surface area contributed by atoms with Gasteiger partial charge in [-0.25, -0.2) is 0 Å². The number of aryl methyl sites for hydroxylation is 12. The van der Waals surface area contributed by atoms with E-state index in [1.807, 2.05) is 0 Å². The molecular formula is C60H78Cl2CoP2. The van der Waals surface area contributed by atoms with E-state index in [9.17, 15) is 0 Å². The molecule has 0 N–H and O–H groups in total. The summed E-state index contributed by atoms with van der Waals surface area (Å²) in [6.45, 7) is 27.3. The van der Waals surface area contributed by atoms with E-state index in [0.717, 1.165) is 77.0 Å². The fourth-order valence-corrected chi connectivity index (χ4v) is 13.9. The fraction of sp³-hybridized carbons (Fsp3) is 0.400. The van der Waals surface area contributed by atoms with Crippen molar-refractivity contribution in [1.82, 2.24) is 0 Å². The average molecular weight is 991 g/mol. The van der Waals surface area contributed by atoms with Gasteiger partial charge in [-0.3, -0.25) is 0 Å². The van der Waals surface area contributed by atoms with Gasteiger partial charge in [0.15, 0.2) is 0 Å². The Morgan fingerprint density at radius 2 is 0.292 bits per heavy atom. The van der Waals surface area contributed by atoms with Crippen LogP contribution in [0.5, 0.6) is 0 Å². The molecule has 0 bridgehead atoms. The van der Waals surface area contributed by atoms with E-state index >= 15 is 0 Å². The summed E-state index contributed by atoms with van der Waals surface area (Å²) in [5.41, 5.74) is 17.6. The van der Waals surface area contributed by atoms with E-state index in [2.05, 4.69) is 192 Å². The van der Waals surface area contributed by atoms with E-state index in [1.54, 1.807) is 0 Å². The summed E-state index contributed by atoms with van der Waals surface area (Å²) in [6.07, 6.45) is 13.1. The summed E-state index contributed by atoms with van der Waals surface area (Å²) >= 11 is 0. The predicted molar refractivity (Wildman–Crippen MR) is 283 cm³/mol. The van der Waals surface area contributed by atoms with Crippen LogP contribution in [0.4, 0.5) is 0 Å². The average Bonchev–Trinajstić information content (AvgIpc) is 3.33. The minimum atomic E-state index is -0.578. The maximum absolute atomic E-state index is 2.49. The van der Waals surface area contributed by atoms with Crippen LogP contribution in [0, 0.1) is 0 Å². The topological polar surface area (TPSA) is 0 Å². The molecule has 0 saturated carbocycles. The molecule has 0 heterocycles. The van der Waals surface area contributed by atoms with Crippen LogP contribution < -0.4 is 56.6 Å². The zero-order valence-corrected chi connectivity index (χ0v) is 46.2. The molecule has 0 aliphatic rings. The second-order valence-corrected chi connectivity index (χ2v) is 21.4. The minimum Gasteiger partial charge on any atom is -1.00 e. The Kier molecular flexibility index (Phi) is 26.2. The van der Waals surface area contributed by atoms with Crippen LogP contribution in [0.25, 0.3) is 0 Å². The third-order valence-corrected chi connectivity index (χ3v) is 17.3. The standard InChI is InChI=1S/2C30H39P.2ClH.Co/c2*1-7-22-13-23(8-2)17-28(16-22)31(29-18-24(9-3)14-25(10-4)19-29)30-20-26(11-5)15-27(12-6)21-30;;;/h2*13-21H,7-12H2,1-6H3;2*1H;/q;;;;+2/p-2. The van der Waals surface area contributed by atoms with Gasteiger partial charge in [-0.15, -0.1) is 0 Å². The van der Waals surface area contributed by atoms with Gasteiger partial charge >= 0.3 is 16.8 Å². The molecule has 5 heteroatoms. The molecule has 0 aromatic heterocycles. The number of hydrogen-bond donors (Lipinski definition) is 0. The van der Waals surface area contributed by atoms with Crippen LogP contribution in [0.3, 0.4) is 0 Å². The third-order valence-electron chi connectivity index (χ3n) is 12.7. The molecule has 1 radical (unpaired) electrons. The third kappa shape index (κ3) is 15.6. The van der Waals surface area contributed by atoms with E-state index in [1.165, 1.54) is 98.6 Å². The Bertz CT molecular complexity index is 1820. The first-order chi connectivity index (χ1) is 30.1. The molecule has 6 rings (SSSR count). The Labute approximate surface area is 422 Å². The second kappa shape index (κ2) is 29.2. The molecular weight excluding hydrogens is 912 g/mol. The molecule has 65 heavy (non-hydrogen) atoms. The van der Waals surface area contributed by atoms with Crippen molar-refractivity contribution < 1.29 is 41.6 Å². The smallest absolute Gasteiger partial charge is 1.00 e. The van der Waals surface area contributed by atoms with Crippen molar-refractivity contribution in [2.24, 2.45) is 0 Å². The Balaban J connectivity index is 0.000000427. The molecule has 0 nitrogen and oxygen atoms in total. The minimum absolute atomic E-state index is 0. The van der Waals surface area contributed by atoms with Gasteiger partial charge in [0.05, 0.1) is 0 Å². The molecule has 6 aromatic rings. The Morgan fingerprint density at radius 1 is 0.200 bits per heavy atom. The maximum Gasteiger partial charge on any atom is 2.00 e. The molecule has 0 saturated heterocycles. The molecule has 0 spiro atoms. The van der Waals surface area contributed by atoms with Gasteiger partial charge in [0.25, 0.3) is 0 Å². The van der Waals surface area contributed by atoms with Crippen LogP contribution >= 0.6 is 15.8 Å². The Hall–Kier alpha value is -2.73. The molecule has 0 unspecified atom stereocenters. The van der Waals surface area contributed by atoms with E-state index < -0.39 is 15.8 Å². The zero-order valence-electron chi connectivity index (χ0n) is 41.9. The van der Waals surface area contributed by atoms with Crippen LogP contribution in [0.2, 0.25) is 0 Å². The van der Waals surface area contributed by atoms with Gasteiger partial charge in [-0.1, -0.05) is 192 Å². The van der Waals surface area contributed by atoms with Gasteiger partial charge in [0.2, 0.25) is 0 Å². The van der Waals surface area contributed by atoms with Crippen molar-refractivity contribution in [2.45, 2.75) is 160 Å². The van der Waals surface area contributed by atoms with Crippen LogP contribution in [0.1, 0.15) is 150 Å². The van der Waals surface area contributed by atoms with Crippen molar-refractivity contribution in [3.63, 3.8) is 0 Å². The second-order valence-electron chi connectivity index (χ2n) is 17.0. The molecule has 6 aromatic carbocycles. The van der Waals surface area contributed by atoms with Gasteiger partial charge in [-0.2, -0.15) is 0 Å². The van der Waals surface area contributed by atoms with Crippen LogP contribution in [0.15, 0.2) is 109 Å². The predicted octanol–water partition coefficient (Wildman–Crippen LogP) is 7.64. The Morgan fingerprint density at radius 3 is 0.369 bits per heavy atom. The molecule has 0 aliphatic carbocycles.